The van der Waals surface area contributed by atoms with Gasteiger partial charge in [-0.15, -0.1) is 0 Å². The van der Waals surface area contributed by atoms with Gasteiger partial charge in [0.15, 0.2) is 5.75 Å². The third-order valence-corrected chi connectivity index (χ3v) is 2.84. The molecule has 1 aromatic heterocycles. The van der Waals surface area contributed by atoms with Gasteiger partial charge in [-0.05, 0) is 33.6 Å². The van der Waals surface area contributed by atoms with E-state index in [0.29, 0.717) is 0 Å². The summed E-state index contributed by atoms with van der Waals surface area (Å²) < 4.78 is 7.97. The Labute approximate surface area is 117 Å². The molecule has 0 spiro atoms. The lowest BCUT2D eigenvalue weighted by Crippen LogP contribution is -2.42. The van der Waals surface area contributed by atoms with Crippen LogP contribution in [0.4, 0.5) is 0 Å². The number of hydrogen-bond donors (Lipinski definition) is 1. The van der Waals surface area contributed by atoms with Crippen LogP contribution < -0.4 is 10.1 Å². The van der Waals surface area contributed by atoms with Crippen LogP contribution in [0.1, 0.15) is 53.9 Å². The SMILES string of the molecule is CCCC(CNC(C)(C)C)Oc1cnn(CCC)c1. The molecule has 1 aromatic rings. The molecule has 1 rings (SSSR count). The minimum Gasteiger partial charge on any atom is -0.486 e. The first-order valence-electron chi connectivity index (χ1n) is 7.38. The molecule has 0 aliphatic heterocycles. The molecule has 0 saturated carbocycles. The maximum absolute atomic E-state index is 6.03. The first-order chi connectivity index (χ1) is 8.94. The second-order valence-electron chi connectivity index (χ2n) is 6.10. The number of ether oxygens (including phenoxy) is 1. The summed E-state index contributed by atoms with van der Waals surface area (Å²) in [5, 5.41) is 7.81. The van der Waals surface area contributed by atoms with Crippen LogP contribution in [0.2, 0.25) is 0 Å². The molecule has 110 valence electrons. The van der Waals surface area contributed by atoms with Gasteiger partial charge in [0, 0.05) is 18.6 Å². The molecule has 1 atom stereocenters. The largest absolute Gasteiger partial charge is 0.486 e. The predicted molar refractivity (Wildman–Crippen MR) is 79.6 cm³/mol. The molecular weight excluding hydrogens is 238 g/mol. The summed E-state index contributed by atoms with van der Waals surface area (Å²) >= 11 is 0. The molecule has 0 saturated heterocycles. The van der Waals surface area contributed by atoms with Gasteiger partial charge in [-0.1, -0.05) is 20.3 Å². The summed E-state index contributed by atoms with van der Waals surface area (Å²) in [5.41, 5.74) is 0.127. The average molecular weight is 267 g/mol. The minimum atomic E-state index is 0.127. The second kappa shape index (κ2) is 7.53. The van der Waals surface area contributed by atoms with Crippen molar-refractivity contribution in [2.45, 2.75) is 72.1 Å². The molecule has 0 aliphatic carbocycles. The molecule has 0 aliphatic rings. The van der Waals surface area contributed by atoms with Crippen LogP contribution in [0.25, 0.3) is 0 Å². The molecule has 1 unspecified atom stereocenters. The summed E-state index contributed by atoms with van der Waals surface area (Å²) in [6, 6.07) is 0. The molecule has 0 bridgehead atoms. The zero-order valence-electron chi connectivity index (χ0n) is 13.1. The Bertz CT molecular complexity index is 355. The predicted octanol–water partition coefficient (Wildman–Crippen LogP) is 3.23. The molecule has 4 nitrogen and oxygen atoms in total. The maximum Gasteiger partial charge on any atom is 0.157 e. The molecule has 1 heterocycles. The van der Waals surface area contributed by atoms with Gasteiger partial charge in [0.05, 0.1) is 12.4 Å². The van der Waals surface area contributed by atoms with E-state index in [1.54, 1.807) is 0 Å². The Morgan fingerprint density at radius 1 is 1.32 bits per heavy atom. The molecule has 1 N–H and O–H groups in total. The van der Waals surface area contributed by atoms with Crippen molar-refractivity contribution >= 4 is 0 Å². The van der Waals surface area contributed by atoms with Crippen LogP contribution in [-0.4, -0.2) is 28.0 Å². The molecule has 4 heteroatoms. The quantitative estimate of drug-likeness (QED) is 0.786. The van der Waals surface area contributed by atoms with Gasteiger partial charge in [-0.3, -0.25) is 4.68 Å². The van der Waals surface area contributed by atoms with E-state index >= 15 is 0 Å². The molecule has 0 amide bonds. The topological polar surface area (TPSA) is 39.1 Å². The van der Waals surface area contributed by atoms with Crippen molar-refractivity contribution in [1.82, 2.24) is 15.1 Å². The van der Waals surface area contributed by atoms with E-state index < -0.39 is 0 Å². The Balaban J connectivity index is 2.51. The van der Waals surface area contributed by atoms with Crippen molar-refractivity contribution in [3.05, 3.63) is 12.4 Å². The zero-order chi connectivity index (χ0) is 14.3. The fourth-order valence-electron chi connectivity index (χ4n) is 1.89. The van der Waals surface area contributed by atoms with E-state index in [4.69, 9.17) is 4.74 Å². The highest BCUT2D eigenvalue weighted by atomic mass is 16.5. The second-order valence-corrected chi connectivity index (χ2v) is 6.10. The van der Waals surface area contributed by atoms with E-state index in [1.807, 2.05) is 17.1 Å². The van der Waals surface area contributed by atoms with E-state index in [2.05, 4.69) is 45.0 Å². The number of nitrogens with zero attached hydrogens (tertiary/aromatic N) is 2. The number of rotatable bonds is 8. The van der Waals surface area contributed by atoms with Gasteiger partial charge in [0.1, 0.15) is 6.10 Å². The molecule has 0 fully saturated rings. The van der Waals surface area contributed by atoms with Crippen molar-refractivity contribution < 1.29 is 4.74 Å². The third kappa shape index (κ3) is 6.62. The number of aromatic nitrogens is 2. The summed E-state index contributed by atoms with van der Waals surface area (Å²) in [7, 11) is 0. The fourth-order valence-corrected chi connectivity index (χ4v) is 1.89. The summed E-state index contributed by atoms with van der Waals surface area (Å²) in [5.74, 6) is 0.877. The van der Waals surface area contributed by atoms with Crippen molar-refractivity contribution in [1.29, 1.82) is 0 Å². The van der Waals surface area contributed by atoms with Crippen LogP contribution in [0, 0.1) is 0 Å². The number of nitrogens with one attached hydrogen (secondary N) is 1. The van der Waals surface area contributed by atoms with Crippen molar-refractivity contribution in [2.75, 3.05) is 6.54 Å². The van der Waals surface area contributed by atoms with Crippen LogP contribution in [0.15, 0.2) is 12.4 Å². The van der Waals surface area contributed by atoms with Crippen molar-refractivity contribution in [3.63, 3.8) is 0 Å². The summed E-state index contributed by atoms with van der Waals surface area (Å²) in [6.07, 6.45) is 7.29. The van der Waals surface area contributed by atoms with Gasteiger partial charge < -0.3 is 10.1 Å². The summed E-state index contributed by atoms with van der Waals surface area (Å²) in [4.78, 5) is 0. The van der Waals surface area contributed by atoms with E-state index in [1.165, 1.54) is 0 Å². The highest BCUT2D eigenvalue weighted by Gasteiger charge is 2.15. The number of aryl methyl sites for hydroxylation is 1. The molecule has 0 radical (unpaired) electrons. The van der Waals surface area contributed by atoms with Crippen molar-refractivity contribution in [3.8, 4) is 5.75 Å². The normalized spacial score (nSPS) is 13.5. The van der Waals surface area contributed by atoms with E-state index in [0.717, 1.165) is 38.1 Å². The fraction of sp³-hybridized carbons (Fsp3) is 0.800. The Kier molecular flexibility index (Phi) is 6.35. The average Bonchev–Trinajstić information content (AvgIpc) is 2.73. The van der Waals surface area contributed by atoms with Crippen LogP contribution in [0.3, 0.4) is 0 Å². The molecule has 0 aromatic carbocycles. The van der Waals surface area contributed by atoms with Gasteiger partial charge in [0.2, 0.25) is 0 Å². The van der Waals surface area contributed by atoms with Crippen LogP contribution in [-0.2, 0) is 6.54 Å². The Morgan fingerprint density at radius 2 is 2.05 bits per heavy atom. The van der Waals surface area contributed by atoms with Gasteiger partial charge in [-0.25, -0.2) is 0 Å². The molecule has 19 heavy (non-hydrogen) atoms. The lowest BCUT2D eigenvalue weighted by molar-refractivity contribution is 0.174. The van der Waals surface area contributed by atoms with Gasteiger partial charge >= 0.3 is 0 Å². The highest BCUT2D eigenvalue weighted by Crippen LogP contribution is 2.14. The van der Waals surface area contributed by atoms with Gasteiger partial charge in [-0.2, -0.15) is 5.10 Å². The third-order valence-electron chi connectivity index (χ3n) is 2.84. The minimum absolute atomic E-state index is 0.127. The van der Waals surface area contributed by atoms with Gasteiger partial charge in [0.25, 0.3) is 0 Å². The summed E-state index contributed by atoms with van der Waals surface area (Å²) in [6.45, 7) is 12.7. The van der Waals surface area contributed by atoms with Crippen molar-refractivity contribution in [2.24, 2.45) is 0 Å². The first kappa shape index (κ1) is 16.0. The lowest BCUT2D eigenvalue weighted by atomic mass is 10.1. The maximum atomic E-state index is 6.03. The molecular formula is C15H29N3O. The zero-order valence-corrected chi connectivity index (χ0v) is 13.1. The lowest BCUT2D eigenvalue weighted by Gasteiger charge is -2.25. The van der Waals surface area contributed by atoms with E-state index in [9.17, 15) is 0 Å². The number of hydrogen-bond acceptors (Lipinski definition) is 3. The monoisotopic (exact) mass is 267 g/mol. The Morgan fingerprint density at radius 3 is 2.63 bits per heavy atom. The Hall–Kier alpha value is -1.03. The van der Waals surface area contributed by atoms with E-state index in [-0.39, 0.29) is 11.6 Å². The standard InChI is InChI=1S/C15H29N3O/c1-6-8-13(10-16-15(3,4)5)19-14-11-17-18(12-14)9-7-2/h11-13,16H,6-10H2,1-5H3. The first-order valence-corrected chi connectivity index (χ1v) is 7.38. The highest BCUT2D eigenvalue weighted by molar-refractivity contribution is 5.12. The smallest absolute Gasteiger partial charge is 0.157 e. The van der Waals surface area contributed by atoms with Crippen LogP contribution in [0.5, 0.6) is 5.75 Å². The van der Waals surface area contributed by atoms with Crippen LogP contribution >= 0.6 is 0 Å².